The first-order chi connectivity index (χ1) is 12.4. The number of hydrogen-bond donors (Lipinski definition) is 0. The third-order valence-corrected chi connectivity index (χ3v) is 3.85. The van der Waals surface area contributed by atoms with Crippen LogP contribution in [0.15, 0.2) is 65.7 Å². The van der Waals surface area contributed by atoms with E-state index < -0.39 is 23.0 Å². The van der Waals surface area contributed by atoms with E-state index in [4.69, 9.17) is 6.57 Å². The Morgan fingerprint density at radius 2 is 1.73 bits per heavy atom. The quantitative estimate of drug-likeness (QED) is 0.648. The molecule has 1 aromatic carbocycles. The van der Waals surface area contributed by atoms with Gasteiger partial charge in [0.1, 0.15) is 0 Å². The van der Waals surface area contributed by atoms with E-state index in [1.807, 2.05) is 0 Å². The average Bonchev–Trinajstić information content (AvgIpc) is 2.63. The molecule has 0 amide bonds. The molecule has 0 aliphatic rings. The molecule has 0 bridgehead atoms. The van der Waals surface area contributed by atoms with Crippen molar-refractivity contribution in [3.63, 3.8) is 0 Å². The largest absolute Gasteiger partial charge is 0.407 e. The van der Waals surface area contributed by atoms with Gasteiger partial charge in [0.25, 0.3) is 11.2 Å². The predicted molar refractivity (Wildman–Crippen MR) is 90.7 cm³/mol. The molecule has 26 heavy (non-hydrogen) atoms. The van der Waals surface area contributed by atoms with Gasteiger partial charge in [-0.15, -0.1) is 0 Å². The van der Waals surface area contributed by atoms with Gasteiger partial charge < -0.3 is 4.57 Å². The molecule has 0 fully saturated rings. The maximum Gasteiger partial charge on any atom is 0.407 e. The standard InChI is InChI=1S/C19H12F3N3O/c1-23-17-15(19(20,21)22)11-16(14-5-3-2-4-6-14)25(18(17)26)12-13-7-9-24-10-8-13/h2-11H,12H2. The minimum Gasteiger partial charge on any atom is -0.313 e. The lowest BCUT2D eigenvalue weighted by Crippen LogP contribution is -2.25. The third-order valence-electron chi connectivity index (χ3n) is 3.85. The molecule has 0 aliphatic heterocycles. The van der Waals surface area contributed by atoms with Crippen molar-refractivity contribution in [2.75, 3.05) is 0 Å². The maximum absolute atomic E-state index is 13.4. The van der Waals surface area contributed by atoms with Crippen molar-refractivity contribution >= 4 is 5.69 Å². The van der Waals surface area contributed by atoms with E-state index in [1.54, 1.807) is 42.5 Å². The van der Waals surface area contributed by atoms with Gasteiger partial charge in [-0.05, 0) is 29.3 Å². The minimum atomic E-state index is -4.79. The van der Waals surface area contributed by atoms with Crippen LogP contribution in [0.25, 0.3) is 16.1 Å². The van der Waals surface area contributed by atoms with Gasteiger partial charge in [0.15, 0.2) is 0 Å². The third kappa shape index (κ3) is 3.35. The second kappa shape index (κ2) is 6.84. The zero-order valence-corrected chi connectivity index (χ0v) is 13.4. The Hall–Kier alpha value is -3.40. The van der Waals surface area contributed by atoms with Crippen LogP contribution in [-0.2, 0) is 12.7 Å². The highest BCUT2D eigenvalue weighted by molar-refractivity contribution is 5.66. The van der Waals surface area contributed by atoms with E-state index in [2.05, 4.69) is 9.83 Å². The van der Waals surface area contributed by atoms with E-state index >= 15 is 0 Å². The highest BCUT2D eigenvalue weighted by Gasteiger charge is 2.36. The summed E-state index contributed by atoms with van der Waals surface area (Å²) in [7, 11) is 0. The Labute approximate surface area is 147 Å². The van der Waals surface area contributed by atoms with Gasteiger partial charge >= 0.3 is 6.18 Å². The number of rotatable bonds is 3. The van der Waals surface area contributed by atoms with Crippen molar-refractivity contribution < 1.29 is 13.2 Å². The van der Waals surface area contributed by atoms with Crippen LogP contribution in [0.5, 0.6) is 0 Å². The number of nitrogens with zero attached hydrogens (tertiary/aromatic N) is 3. The molecule has 2 heterocycles. The molecule has 0 saturated heterocycles. The van der Waals surface area contributed by atoms with E-state index in [-0.39, 0.29) is 12.2 Å². The van der Waals surface area contributed by atoms with Crippen molar-refractivity contribution in [3.05, 3.63) is 93.8 Å². The number of pyridine rings is 2. The van der Waals surface area contributed by atoms with Crippen LogP contribution in [0.4, 0.5) is 18.9 Å². The highest BCUT2D eigenvalue weighted by Crippen LogP contribution is 2.37. The van der Waals surface area contributed by atoms with Gasteiger partial charge in [0.2, 0.25) is 0 Å². The highest BCUT2D eigenvalue weighted by atomic mass is 19.4. The fourth-order valence-electron chi connectivity index (χ4n) is 2.64. The zero-order valence-electron chi connectivity index (χ0n) is 13.4. The van der Waals surface area contributed by atoms with Gasteiger partial charge in [-0.3, -0.25) is 9.78 Å². The first kappa shape index (κ1) is 17.4. The molecular formula is C19H12F3N3O. The van der Waals surface area contributed by atoms with Crippen LogP contribution in [0, 0.1) is 6.57 Å². The van der Waals surface area contributed by atoms with Gasteiger partial charge in [-0.2, -0.15) is 13.2 Å². The molecule has 3 rings (SSSR count). The molecule has 130 valence electrons. The summed E-state index contributed by atoms with van der Waals surface area (Å²) in [5, 5.41) is 0. The van der Waals surface area contributed by atoms with Crippen molar-refractivity contribution in [1.29, 1.82) is 0 Å². The Bertz CT molecular complexity index is 1020. The minimum absolute atomic E-state index is 0.0340. The molecule has 0 N–H and O–H groups in total. The molecule has 0 aliphatic carbocycles. The summed E-state index contributed by atoms with van der Waals surface area (Å²) in [6, 6.07) is 12.5. The number of halogens is 3. The first-order valence-electron chi connectivity index (χ1n) is 7.58. The summed E-state index contributed by atoms with van der Waals surface area (Å²) in [5.74, 6) is 0. The maximum atomic E-state index is 13.4. The Morgan fingerprint density at radius 3 is 2.31 bits per heavy atom. The van der Waals surface area contributed by atoms with Crippen molar-refractivity contribution in [3.8, 4) is 11.3 Å². The molecule has 0 atom stereocenters. The van der Waals surface area contributed by atoms with Gasteiger partial charge in [0, 0.05) is 18.1 Å². The monoisotopic (exact) mass is 355 g/mol. The Kier molecular flexibility index (Phi) is 4.59. The number of hydrogen-bond acceptors (Lipinski definition) is 2. The lowest BCUT2D eigenvalue weighted by Gasteiger charge is -2.18. The summed E-state index contributed by atoms with van der Waals surface area (Å²) in [6.07, 6.45) is -1.73. The summed E-state index contributed by atoms with van der Waals surface area (Å²) in [4.78, 5) is 19.4. The molecule has 7 heteroatoms. The number of benzene rings is 1. The molecule has 3 aromatic rings. The second-order valence-corrected chi connectivity index (χ2v) is 5.51. The normalized spacial score (nSPS) is 11.2. The van der Waals surface area contributed by atoms with Gasteiger partial charge in [-0.25, -0.2) is 4.85 Å². The molecule has 2 aromatic heterocycles. The zero-order chi connectivity index (χ0) is 18.7. The van der Waals surface area contributed by atoms with Crippen molar-refractivity contribution in [2.45, 2.75) is 12.7 Å². The fraction of sp³-hybridized carbons (Fsp3) is 0.105. The number of alkyl halides is 3. The van der Waals surface area contributed by atoms with Crippen molar-refractivity contribution in [1.82, 2.24) is 9.55 Å². The molecule has 0 spiro atoms. The van der Waals surface area contributed by atoms with E-state index in [9.17, 15) is 18.0 Å². The predicted octanol–water partition coefficient (Wildman–Crippen LogP) is 4.53. The molecule has 0 saturated carbocycles. The lowest BCUT2D eigenvalue weighted by molar-refractivity contribution is -0.136. The van der Waals surface area contributed by atoms with Crippen LogP contribution >= 0.6 is 0 Å². The van der Waals surface area contributed by atoms with Crippen molar-refractivity contribution in [2.24, 2.45) is 0 Å². The Balaban J connectivity index is 2.31. The molecule has 0 unspecified atom stereocenters. The molecular weight excluding hydrogens is 343 g/mol. The van der Waals surface area contributed by atoms with Gasteiger partial charge in [0.05, 0.1) is 18.7 Å². The summed E-state index contributed by atoms with van der Waals surface area (Å²) < 4.78 is 41.3. The average molecular weight is 355 g/mol. The number of aromatic nitrogens is 2. The molecule has 0 radical (unpaired) electrons. The summed E-state index contributed by atoms with van der Waals surface area (Å²) in [6.45, 7) is 7.09. The van der Waals surface area contributed by atoms with Crippen LogP contribution in [0.1, 0.15) is 11.1 Å². The van der Waals surface area contributed by atoms with Crippen LogP contribution < -0.4 is 5.56 Å². The van der Waals surface area contributed by atoms with Gasteiger partial charge in [-0.1, -0.05) is 30.3 Å². The fourth-order valence-corrected chi connectivity index (χ4v) is 2.64. The molecule has 4 nitrogen and oxygen atoms in total. The summed E-state index contributed by atoms with van der Waals surface area (Å²) >= 11 is 0. The second-order valence-electron chi connectivity index (χ2n) is 5.51. The van der Waals surface area contributed by atoms with E-state index in [0.717, 1.165) is 6.07 Å². The lowest BCUT2D eigenvalue weighted by atomic mass is 10.1. The van der Waals surface area contributed by atoms with Crippen LogP contribution in [0.3, 0.4) is 0 Å². The van der Waals surface area contributed by atoms with E-state index in [1.165, 1.54) is 17.0 Å². The Morgan fingerprint density at radius 1 is 1.08 bits per heavy atom. The summed E-state index contributed by atoms with van der Waals surface area (Å²) in [5.41, 5.74) is -1.86. The van der Waals surface area contributed by atoms with E-state index in [0.29, 0.717) is 11.1 Å². The first-order valence-corrected chi connectivity index (χ1v) is 7.58. The van der Waals surface area contributed by atoms with Crippen LogP contribution in [-0.4, -0.2) is 9.55 Å². The smallest absolute Gasteiger partial charge is 0.313 e. The van der Waals surface area contributed by atoms with Crippen LogP contribution in [0.2, 0.25) is 0 Å². The topological polar surface area (TPSA) is 39.2 Å². The SMILES string of the molecule is [C-]#[N+]c1c(C(F)(F)F)cc(-c2ccccc2)n(Cc2ccncc2)c1=O.